The van der Waals surface area contributed by atoms with Gasteiger partial charge in [-0.1, -0.05) is 75.4 Å². The van der Waals surface area contributed by atoms with Gasteiger partial charge in [-0.2, -0.15) is 4.39 Å². The normalized spacial score (nSPS) is 17.5. The summed E-state index contributed by atoms with van der Waals surface area (Å²) in [6, 6.07) is 12.2. The molecule has 38 heavy (non-hydrogen) atoms. The lowest BCUT2D eigenvalue weighted by Crippen LogP contribution is -2.21. The molecule has 0 aromatic heterocycles. The topological polar surface area (TPSA) is 18.5 Å². The van der Waals surface area contributed by atoms with E-state index in [0.717, 1.165) is 12.8 Å². The Morgan fingerprint density at radius 2 is 1.34 bits per heavy atom. The van der Waals surface area contributed by atoms with Gasteiger partial charge in [0.15, 0.2) is 23.2 Å². The molecule has 2 unspecified atom stereocenters. The second kappa shape index (κ2) is 13.3. The number of ether oxygens (including phenoxy) is 2. The lowest BCUT2D eigenvalue weighted by molar-refractivity contribution is -0.0218. The van der Waals surface area contributed by atoms with Gasteiger partial charge in [-0.15, -0.1) is 0 Å². The quantitative estimate of drug-likeness (QED) is 0.182. The van der Waals surface area contributed by atoms with Crippen molar-refractivity contribution >= 4 is 0 Å². The molecule has 3 aromatic rings. The summed E-state index contributed by atoms with van der Waals surface area (Å²) in [7, 11) is 0. The van der Waals surface area contributed by atoms with E-state index in [1.807, 2.05) is 0 Å². The molecule has 1 fully saturated rings. The van der Waals surface area contributed by atoms with Crippen molar-refractivity contribution in [2.24, 2.45) is 5.92 Å². The van der Waals surface area contributed by atoms with E-state index in [9.17, 15) is 8.78 Å². The molecular formula is C32H36F4O2. The first-order chi connectivity index (χ1) is 18.4. The van der Waals surface area contributed by atoms with Crippen LogP contribution in [0.4, 0.5) is 17.6 Å². The van der Waals surface area contributed by atoms with Crippen LogP contribution in [-0.2, 0) is 4.74 Å². The summed E-state index contributed by atoms with van der Waals surface area (Å²) in [5, 5.41) is 0. The SMILES string of the molecule is CCCCCCCC1CCC(c2ccc(-c3ccc(-c4ccc(OCC)c(F)c4F)cc3)c(F)c2F)OC1. The van der Waals surface area contributed by atoms with Crippen molar-refractivity contribution in [3.8, 4) is 28.0 Å². The number of hydrogen-bond donors (Lipinski definition) is 0. The zero-order valence-corrected chi connectivity index (χ0v) is 22.2. The summed E-state index contributed by atoms with van der Waals surface area (Å²) in [4.78, 5) is 0. The minimum absolute atomic E-state index is 0.0632. The van der Waals surface area contributed by atoms with Gasteiger partial charge in [-0.25, -0.2) is 13.2 Å². The highest BCUT2D eigenvalue weighted by Gasteiger charge is 2.27. The van der Waals surface area contributed by atoms with Crippen LogP contribution in [0.5, 0.6) is 5.75 Å². The highest BCUT2D eigenvalue weighted by molar-refractivity contribution is 5.71. The Balaban J connectivity index is 1.43. The molecule has 4 rings (SSSR count). The molecule has 6 heteroatoms. The molecular weight excluding hydrogens is 492 g/mol. The third kappa shape index (κ3) is 6.40. The molecule has 1 heterocycles. The molecule has 0 saturated carbocycles. The maximum absolute atomic E-state index is 15.2. The molecule has 1 aliphatic rings. The van der Waals surface area contributed by atoms with Crippen molar-refractivity contribution in [1.29, 1.82) is 0 Å². The van der Waals surface area contributed by atoms with Crippen LogP contribution in [-0.4, -0.2) is 13.2 Å². The summed E-state index contributed by atoms with van der Waals surface area (Å²) in [5.74, 6) is -3.57. The first-order valence-electron chi connectivity index (χ1n) is 13.8. The van der Waals surface area contributed by atoms with Crippen molar-refractivity contribution < 1.29 is 27.0 Å². The van der Waals surface area contributed by atoms with E-state index >= 15 is 8.78 Å². The second-order valence-corrected chi connectivity index (χ2v) is 10.0. The van der Waals surface area contributed by atoms with Gasteiger partial charge in [0, 0.05) is 16.7 Å². The van der Waals surface area contributed by atoms with Crippen molar-refractivity contribution in [2.75, 3.05) is 13.2 Å². The van der Waals surface area contributed by atoms with Crippen LogP contribution in [0.25, 0.3) is 22.3 Å². The first-order valence-corrected chi connectivity index (χ1v) is 13.8. The summed E-state index contributed by atoms with van der Waals surface area (Å²) in [6.07, 6.45) is 8.49. The van der Waals surface area contributed by atoms with Crippen molar-refractivity contribution in [1.82, 2.24) is 0 Å². The van der Waals surface area contributed by atoms with Gasteiger partial charge in [0.1, 0.15) is 0 Å². The van der Waals surface area contributed by atoms with Gasteiger partial charge in [-0.05, 0) is 55.4 Å². The molecule has 0 radical (unpaired) electrons. The van der Waals surface area contributed by atoms with Crippen LogP contribution in [0.1, 0.15) is 76.9 Å². The smallest absolute Gasteiger partial charge is 0.201 e. The van der Waals surface area contributed by atoms with Crippen LogP contribution >= 0.6 is 0 Å². The monoisotopic (exact) mass is 528 g/mol. The summed E-state index contributed by atoms with van der Waals surface area (Å²) < 4.78 is 70.2. The van der Waals surface area contributed by atoms with Crippen LogP contribution in [0.2, 0.25) is 0 Å². The Bertz CT molecular complexity index is 1200. The number of rotatable bonds is 11. The summed E-state index contributed by atoms with van der Waals surface area (Å²) in [6.45, 7) is 4.69. The molecule has 0 spiro atoms. The van der Waals surface area contributed by atoms with E-state index < -0.39 is 29.4 Å². The van der Waals surface area contributed by atoms with Crippen LogP contribution in [0.3, 0.4) is 0 Å². The molecule has 1 saturated heterocycles. The lowest BCUT2D eigenvalue weighted by atomic mass is 9.90. The van der Waals surface area contributed by atoms with E-state index in [-0.39, 0.29) is 29.0 Å². The van der Waals surface area contributed by atoms with Crippen molar-refractivity contribution in [2.45, 2.75) is 71.3 Å². The Hall–Kier alpha value is -2.86. The minimum Gasteiger partial charge on any atom is -0.491 e. The molecule has 204 valence electrons. The summed E-state index contributed by atoms with van der Waals surface area (Å²) >= 11 is 0. The van der Waals surface area contributed by atoms with E-state index in [1.165, 1.54) is 44.2 Å². The second-order valence-electron chi connectivity index (χ2n) is 10.0. The average molecular weight is 529 g/mol. The third-order valence-corrected chi connectivity index (χ3v) is 7.40. The number of unbranched alkanes of at least 4 members (excludes halogenated alkanes) is 4. The average Bonchev–Trinajstić information content (AvgIpc) is 2.93. The Morgan fingerprint density at radius 3 is 1.95 bits per heavy atom. The standard InChI is InChI=1S/C32H36F4O2/c1-3-5-6-7-8-9-21-10-18-27(38-20-21)26-16-15-24(29(33)31(26)35)22-11-13-23(14-12-22)25-17-19-28(37-4-2)32(36)30(25)34/h11-17,19,21,27H,3-10,18,20H2,1-2H3. The predicted molar refractivity (Wildman–Crippen MR) is 143 cm³/mol. The zero-order valence-electron chi connectivity index (χ0n) is 22.2. The molecule has 2 nitrogen and oxygen atoms in total. The van der Waals surface area contributed by atoms with Crippen LogP contribution < -0.4 is 4.74 Å². The first kappa shape index (κ1) is 28.2. The molecule has 1 aliphatic heterocycles. The molecule has 2 atom stereocenters. The van der Waals surface area contributed by atoms with Gasteiger partial charge < -0.3 is 9.47 Å². The maximum atomic E-state index is 15.2. The molecule has 0 amide bonds. The van der Waals surface area contributed by atoms with E-state index in [2.05, 4.69) is 6.92 Å². The Morgan fingerprint density at radius 1 is 0.711 bits per heavy atom. The third-order valence-electron chi connectivity index (χ3n) is 7.40. The number of halogens is 4. The van der Waals surface area contributed by atoms with E-state index in [1.54, 1.807) is 43.3 Å². The van der Waals surface area contributed by atoms with Gasteiger partial charge >= 0.3 is 0 Å². The van der Waals surface area contributed by atoms with Gasteiger partial charge in [-0.3, -0.25) is 0 Å². The van der Waals surface area contributed by atoms with Crippen molar-refractivity contribution in [3.05, 3.63) is 77.4 Å². The highest BCUT2D eigenvalue weighted by Crippen LogP contribution is 2.37. The van der Waals surface area contributed by atoms with Gasteiger partial charge in [0.05, 0.1) is 19.3 Å². The fourth-order valence-corrected chi connectivity index (χ4v) is 5.20. The number of benzene rings is 3. The van der Waals surface area contributed by atoms with Gasteiger partial charge in [0.2, 0.25) is 5.82 Å². The van der Waals surface area contributed by atoms with E-state index in [0.29, 0.717) is 30.1 Å². The van der Waals surface area contributed by atoms with Crippen LogP contribution in [0, 0.1) is 29.2 Å². The summed E-state index contributed by atoms with van der Waals surface area (Å²) in [5.41, 5.74) is 1.28. The maximum Gasteiger partial charge on any atom is 0.201 e. The highest BCUT2D eigenvalue weighted by atomic mass is 19.2. The van der Waals surface area contributed by atoms with Crippen molar-refractivity contribution in [3.63, 3.8) is 0 Å². The fourth-order valence-electron chi connectivity index (χ4n) is 5.20. The number of hydrogen-bond acceptors (Lipinski definition) is 2. The van der Waals surface area contributed by atoms with Gasteiger partial charge in [0.25, 0.3) is 0 Å². The largest absolute Gasteiger partial charge is 0.491 e. The minimum atomic E-state index is -1.06. The molecule has 0 N–H and O–H groups in total. The zero-order chi connectivity index (χ0) is 27.1. The Labute approximate surface area is 223 Å². The predicted octanol–water partition coefficient (Wildman–Crippen LogP) is 9.80. The molecule has 0 bridgehead atoms. The van der Waals surface area contributed by atoms with E-state index in [4.69, 9.17) is 9.47 Å². The van der Waals surface area contributed by atoms with Crippen LogP contribution in [0.15, 0.2) is 48.5 Å². The fraction of sp³-hybridized carbons (Fsp3) is 0.438. The molecule has 0 aliphatic carbocycles. The molecule has 3 aromatic carbocycles. The Kier molecular flexibility index (Phi) is 9.84. The lowest BCUT2D eigenvalue weighted by Gasteiger charge is -2.30.